The average Bonchev–Trinajstić information content (AvgIpc) is 2.47. The van der Waals surface area contributed by atoms with Crippen molar-refractivity contribution < 1.29 is 9.84 Å². The second-order valence-electron chi connectivity index (χ2n) is 4.76. The highest BCUT2D eigenvalue weighted by molar-refractivity contribution is 5.59. The van der Waals surface area contributed by atoms with Crippen molar-refractivity contribution in [2.45, 2.75) is 19.4 Å². The highest BCUT2D eigenvalue weighted by Crippen LogP contribution is 2.27. The maximum absolute atomic E-state index is 9.23. The number of aromatic hydroxyl groups is 1. The minimum absolute atomic E-state index is 0.256. The Labute approximate surface area is 112 Å². The van der Waals surface area contributed by atoms with Gasteiger partial charge in [-0.15, -0.1) is 0 Å². The van der Waals surface area contributed by atoms with Crippen LogP contribution in [0.3, 0.4) is 0 Å². The molecule has 19 heavy (non-hydrogen) atoms. The van der Waals surface area contributed by atoms with Crippen molar-refractivity contribution in [1.82, 2.24) is 0 Å². The number of hydrogen-bond donors (Lipinski definition) is 2. The van der Waals surface area contributed by atoms with Gasteiger partial charge in [-0.1, -0.05) is 18.2 Å². The van der Waals surface area contributed by atoms with Gasteiger partial charge in [0.2, 0.25) is 0 Å². The summed E-state index contributed by atoms with van der Waals surface area (Å²) in [6.07, 6.45) is 2.32. The second-order valence-corrected chi connectivity index (χ2v) is 4.76. The molecule has 0 unspecified atom stereocenters. The Morgan fingerprint density at radius 2 is 1.95 bits per heavy atom. The Kier molecular flexibility index (Phi) is 3.27. The van der Waals surface area contributed by atoms with E-state index < -0.39 is 0 Å². The molecule has 0 saturated heterocycles. The van der Waals surface area contributed by atoms with E-state index in [-0.39, 0.29) is 5.75 Å². The fourth-order valence-electron chi connectivity index (χ4n) is 2.40. The molecule has 0 atom stereocenters. The maximum Gasteiger partial charge on any atom is 0.120 e. The van der Waals surface area contributed by atoms with Crippen molar-refractivity contribution in [2.24, 2.45) is 0 Å². The number of aryl methyl sites for hydroxylation is 1. The lowest BCUT2D eigenvalue weighted by atomic mass is 10.00. The number of nitrogens with one attached hydrogen (secondary N) is 1. The summed E-state index contributed by atoms with van der Waals surface area (Å²) in [4.78, 5) is 0. The number of phenolic OH excluding ortho intramolecular Hbond substituents is 1. The predicted octanol–water partition coefficient (Wildman–Crippen LogP) is 3.33. The molecule has 1 heterocycles. The molecule has 0 amide bonds. The molecule has 1 aliphatic heterocycles. The highest BCUT2D eigenvalue weighted by atomic mass is 16.5. The zero-order chi connectivity index (χ0) is 13.1. The van der Waals surface area contributed by atoms with Gasteiger partial charge in [0.1, 0.15) is 18.1 Å². The SMILES string of the molecule is Oc1ccc(OCc2cccc3c2NCCC3)cc1. The van der Waals surface area contributed by atoms with Crippen LogP contribution in [0.2, 0.25) is 0 Å². The van der Waals surface area contributed by atoms with Crippen molar-refractivity contribution in [1.29, 1.82) is 0 Å². The Hall–Kier alpha value is -2.16. The van der Waals surface area contributed by atoms with Gasteiger partial charge in [-0.2, -0.15) is 0 Å². The fraction of sp³-hybridized carbons (Fsp3) is 0.250. The number of rotatable bonds is 3. The van der Waals surface area contributed by atoms with Crippen molar-refractivity contribution >= 4 is 5.69 Å². The summed E-state index contributed by atoms with van der Waals surface area (Å²) in [6.45, 7) is 1.57. The molecule has 3 rings (SSSR count). The predicted molar refractivity (Wildman–Crippen MR) is 75.7 cm³/mol. The van der Waals surface area contributed by atoms with E-state index >= 15 is 0 Å². The van der Waals surface area contributed by atoms with Gasteiger partial charge in [0.25, 0.3) is 0 Å². The van der Waals surface area contributed by atoms with Gasteiger partial charge in [0.15, 0.2) is 0 Å². The molecule has 2 aromatic rings. The fourth-order valence-corrected chi connectivity index (χ4v) is 2.40. The first-order valence-corrected chi connectivity index (χ1v) is 6.59. The number of anilines is 1. The molecule has 3 heteroatoms. The number of ether oxygens (including phenoxy) is 1. The van der Waals surface area contributed by atoms with Gasteiger partial charge in [-0.3, -0.25) is 0 Å². The summed E-state index contributed by atoms with van der Waals surface area (Å²) in [5, 5.41) is 12.7. The third-order valence-electron chi connectivity index (χ3n) is 3.39. The molecule has 0 fully saturated rings. The molecule has 3 nitrogen and oxygen atoms in total. The largest absolute Gasteiger partial charge is 0.508 e. The summed E-state index contributed by atoms with van der Waals surface area (Å²) < 4.78 is 5.76. The Bertz CT molecular complexity index is 563. The van der Waals surface area contributed by atoms with Crippen molar-refractivity contribution in [3.8, 4) is 11.5 Å². The van der Waals surface area contributed by atoms with Crippen molar-refractivity contribution in [3.05, 3.63) is 53.6 Å². The molecule has 98 valence electrons. The molecule has 0 aliphatic carbocycles. The van der Waals surface area contributed by atoms with Crippen LogP contribution in [0.1, 0.15) is 17.5 Å². The van der Waals surface area contributed by atoms with E-state index in [0.717, 1.165) is 18.7 Å². The molecule has 0 aromatic heterocycles. The zero-order valence-corrected chi connectivity index (χ0v) is 10.7. The molecular formula is C16H17NO2. The quantitative estimate of drug-likeness (QED) is 0.884. The van der Waals surface area contributed by atoms with Crippen LogP contribution in [0.5, 0.6) is 11.5 Å². The van der Waals surface area contributed by atoms with Gasteiger partial charge >= 0.3 is 0 Å². The summed E-state index contributed by atoms with van der Waals surface area (Å²) in [5.41, 5.74) is 3.79. The van der Waals surface area contributed by atoms with Gasteiger partial charge in [-0.25, -0.2) is 0 Å². The van der Waals surface area contributed by atoms with Crippen LogP contribution in [0, 0.1) is 0 Å². The standard InChI is InChI=1S/C16H17NO2/c18-14-6-8-15(9-7-14)19-11-13-4-1-3-12-5-2-10-17-16(12)13/h1,3-4,6-9,17-18H,2,5,10-11H2. The average molecular weight is 255 g/mol. The van der Waals surface area contributed by atoms with Crippen LogP contribution < -0.4 is 10.1 Å². The summed E-state index contributed by atoms with van der Waals surface area (Å²) in [5.74, 6) is 1.03. The number of para-hydroxylation sites is 1. The Balaban J connectivity index is 1.75. The third-order valence-corrected chi connectivity index (χ3v) is 3.39. The maximum atomic E-state index is 9.23. The van der Waals surface area contributed by atoms with Gasteiger partial charge in [-0.05, 0) is 42.7 Å². The monoisotopic (exact) mass is 255 g/mol. The van der Waals surface area contributed by atoms with Gasteiger partial charge < -0.3 is 15.2 Å². The molecule has 0 bridgehead atoms. The molecule has 1 aliphatic rings. The molecule has 0 saturated carbocycles. The summed E-state index contributed by atoms with van der Waals surface area (Å²) in [7, 11) is 0. The van der Waals surface area contributed by atoms with Gasteiger partial charge in [0.05, 0.1) is 0 Å². The van der Waals surface area contributed by atoms with E-state index in [2.05, 4.69) is 23.5 Å². The molecule has 0 spiro atoms. The van der Waals surface area contributed by atoms with Crippen LogP contribution >= 0.6 is 0 Å². The Morgan fingerprint density at radius 3 is 2.79 bits per heavy atom. The molecule has 2 aromatic carbocycles. The minimum Gasteiger partial charge on any atom is -0.508 e. The topological polar surface area (TPSA) is 41.5 Å². The van der Waals surface area contributed by atoms with Crippen LogP contribution in [0.4, 0.5) is 5.69 Å². The number of hydrogen-bond acceptors (Lipinski definition) is 3. The highest BCUT2D eigenvalue weighted by Gasteiger charge is 2.12. The van der Waals surface area contributed by atoms with Crippen LogP contribution in [0.25, 0.3) is 0 Å². The molecule has 0 radical (unpaired) electrons. The number of phenols is 1. The zero-order valence-electron chi connectivity index (χ0n) is 10.7. The van der Waals surface area contributed by atoms with Crippen molar-refractivity contribution in [2.75, 3.05) is 11.9 Å². The lowest BCUT2D eigenvalue weighted by Gasteiger charge is -2.21. The lowest BCUT2D eigenvalue weighted by Crippen LogP contribution is -2.14. The van der Waals surface area contributed by atoms with E-state index in [0.29, 0.717) is 6.61 Å². The van der Waals surface area contributed by atoms with E-state index in [1.165, 1.54) is 23.2 Å². The van der Waals surface area contributed by atoms with E-state index in [9.17, 15) is 5.11 Å². The van der Waals surface area contributed by atoms with E-state index in [4.69, 9.17) is 4.74 Å². The van der Waals surface area contributed by atoms with E-state index in [1.807, 2.05) is 0 Å². The first-order valence-electron chi connectivity index (χ1n) is 6.59. The van der Waals surface area contributed by atoms with Crippen molar-refractivity contribution in [3.63, 3.8) is 0 Å². The Morgan fingerprint density at radius 1 is 1.11 bits per heavy atom. The van der Waals surface area contributed by atoms with Gasteiger partial charge in [0, 0.05) is 17.8 Å². The summed E-state index contributed by atoms with van der Waals surface area (Å²) in [6, 6.07) is 13.2. The molecule has 2 N–H and O–H groups in total. The lowest BCUT2D eigenvalue weighted by molar-refractivity contribution is 0.306. The number of fused-ring (bicyclic) bond motifs is 1. The van der Waals surface area contributed by atoms with E-state index in [1.54, 1.807) is 24.3 Å². The van der Waals surface area contributed by atoms with Crippen LogP contribution in [-0.4, -0.2) is 11.7 Å². The second kappa shape index (κ2) is 5.22. The first kappa shape index (κ1) is 11.9. The number of benzene rings is 2. The third kappa shape index (κ3) is 2.65. The molecular weight excluding hydrogens is 238 g/mol. The summed E-state index contributed by atoms with van der Waals surface area (Å²) >= 11 is 0. The smallest absolute Gasteiger partial charge is 0.120 e. The first-order chi connectivity index (χ1) is 9.33. The van der Waals surface area contributed by atoms with Crippen LogP contribution in [-0.2, 0) is 13.0 Å². The van der Waals surface area contributed by atoms with Crippen LogP contribution in [0.15, 0.2) is 42.5 Å². The minimum atomic E-state index is 0.256. The normalized spacial score (nSPS) is 13.5.